The first kappa shape index (κ1) is 8.02. The molecular weight excluding hydrogens is 124 g/mol. The maximum Gasteiger partial charge on any atom is 0.0252 e. The zero-order chi connectivity index (χ0) is 7.61. The maximum absolute atomic E-state index is 3.57. The Morgan fingerprint density at radius 2 is 2.00 bits per heavy atom. The molecular formula is C8H18N2. The molecule has 1 aliphatic rings. The third kappa shape index (κ3) is 2.67. The Kier molecular flexibility index (Phi) is 2.32. The summed E-state index contributed by atoms with van der Waals surface area (Å²) in [6.07, 6.45) is 2.74. The minimum Gasteiger partial charge on any atom is -0.318 e. The van der Waals surface area contributed by atoms with Gasteiger partial charge in [-0.2, -0.15) is 0 Å². The summed E-state index contributed by atoms with van der Waals surface area (Å²) in [4.78, 5) is 0. The van der Waals surface area contributed by atoms with Crippen LogP contribution in [0.15, 0.2) is 0 Å². The van der Waals surface area contributed by atoms with Crippen LogP contribution in [0.4, 0.5) is 0 Å². The van der Waals surface area contributed by atoms with Gasteiger partial charge in [-0.25, -0.2) is 0 Å². The van der Waals surface area contributed by atoms with Gasteiger partial charge in [0.25, 0.3) is 0 Å². The highest BCUT2D eigenvalue weighted by atomic mass is 15.1. The number of nitrogens with one attached hydrogen (secondary N) is 2. The lowest BCUT2D eigenvalue weighted by Crippen LogP contribution is -2.47. The van der Waals surface area contributed by atoms with Gasteiger partial charge < -0.3 is 10.6 Å². The molecule has 0 aromatic heterocycles. The van der Waals surface area contributed by atoms with E-state index in [4.69, 9.17) is 0 Å². The van der Waals surface area contributed by atoms with E-state index in [9.17, 15) is 0 Å². The van der Waals surface area contributed by atoms with E-state index < -0.39 is 0 Å². The lowest BCUT2D eigenvalue weighted by molar-refractivity contribution is 0.372. The molecule has 10 heavy (non-hydrogen) atoms. The Hall–Kier alpha value is -0.0800. The van der Waals surface area contributed by atoms with Crippen molar-refractivity contribution < 1.29 is 0 Å². The van der Waals surface area contributed by atoms with E-state index >= 15 is 0 Å². The molecule has 2 nitrogen and oxygen atoms in total. The second-order valence-electron chi connectivity index (χ2n) is 3.83. The van der Waals surface area contributed by atoms with Crippen molar-refractivity contribution in [3.63, 3.8) is 0 Å². The molecule has 0 unspecified atom stereocenters. The van der Waals surface area contributed by atoms with E-state index in [1.807, 2.05) is 7.05 Å². The van der Waals surface area contributed by atoms with Gasteiger partial charge in [-0.1, -0.05) is 0 Å². The molecule has 1 aliphatic carbocycles. The summed E-state index contributed by atoms with van der Waals surface area (Å²) in [5.74, 6) is 0. The molecule has 0 saturated heterocycles. The van der Waals surface area contributed by atoms with Crippen LogP contribution in [0.3, 0.4) is 0 Å². The van der Waals surface area contributed by atoms with Crippen molar-refractivity contribution in [1.82, 2.24) is 10.6 Å². The van der Waals surface area contributed by atoms with Gasteiger partial charge in [0.05, 0.1) is 0 Å². The molecule has 0 aromatic rings. The van der Waals surface area contributed by atoms with E-state index in [1.54, 1.807) is 0 Å². The summed E-state index contributed by atoms with van der Waals surface area (Å²) in [6.45, 7) is 5.52. The molecule has 0 aliphatic heterocycles. The van der Waals surface area contributed by atoms with Gasteiger partial charge in [0.15, 0.2) is 0 Å². The van der Waals surface area contributed by atoms with Gasteiger partial charge in [-0.05, 0) is 33.7 Å². The Morgan fingerprint density at radius 3 is 2.40 bits per heavy atom. The number of hydrogen-bond donors (Lipinski definition) is 2. The van der Waals surface area contributed by atoms with E-state index in [-0.39, 0.29) is 5.54 Å². The highest BCUT2D eigenvalue weighted by molar-refractivity contribution is 4.90. The maximum atomic E-state index is 3.57. The monoisotopic (exact) mass is 142 g/mol. The quantitative estimate of drug-likeness (QED) is 0.605. The fourth-order valence-electron chi connectivity index (χ4n) is 1.27. The van der Waals surface area contributed by atoms with Crippen LogP contribution in [-0.2, 0) is 0 Å². The summed E-state index contributed by atoms with van der Waals surface area (Å²) >= 11 is 0. The van der Waals surface area contributed by atoms with Crippen molar-refractivity contribution >= 4 is 0 Å². The number of hydrogen-bond acceptors (Lipinski definition) is 2. The average Bonchev–Trinajstić information content (AvgIpc) is 2.48. The first-order valence-corrected chi connectivity index (χ1v) is 4.06. The van der Waals surface area contributed by atoms with Crippen LogP contribution in [0.25, 0.3) is 0 Å². The van der Waals surface area contributed by atoms with Crippen molar-refractivity contribution in [3.05, 3.63) is 0 Å². The van der Waals surface area contributed by atoms with Crippen molar-refractivity contribution in [3.8, 4) is 0 Å². The number of rotatable bonds is 4. The van der Waals surface area contributed by atoms with Crippen molar-refractivity contribution in [2.45, 2.75) is 38.3 Å². The SMILES string of the molecule is CNCC(C)(C)NC1CC1. The topological polar surface area (TPSA) is 24.1 Å². The standard InChI is InChI=1S/C8H18N2/c1-8(2,6-9-3)10-7-4-5-7/h7,9-10H,4-6H2,1-3H3. The molecule has 0 atom stereocenters. The van der Waals surface area contributed by atoms with Gasteiger partial charge in [0.1, 0.15) is 0 Å². The van der Waals surface area contributed by atoms with Gasteiger partial charge >= 0.3 is 0 Å². The van der Waals surface area contributed by atoms with Crippen LogP contribution >= 0.6 is 0 Å². The molecule has 0 amide bonds. The van der Waals surface area contributed by atoms with Crippen LogP contribution in [0.2, 0.25) is 0 Å². The first-order valence-electron chi connectivity index (χ1n) is 4.06. The summed E-state index contributed by atoms with van der Waals surface area (Å²) in [5, 5.41) is 6.75. The smallest absolute Gasteiger partial charge is 0.0252 e. The molecule has 1 rings (SSSR count). The highest BCUT2D eigenvalue weighted by Crippen LogP contribution is 2.21. The molecule has 2 N–H and O–H groups in total. The van der Waals surface area contributed by atoms with Crippen molar-refractivity contribution in [2.75, 3.05) is 13.6 Å². The lowest BCUT2D eigenvalue weighted by atomic mass is 10.1. The van der Waals surface area contributed by atoms with E-state index in [0.717, 1.165) is 12.6 Å². The molecule has 0 radical (unpaired) electrons. The second kappa shape index (κ2) is 2.89. The molecule has 0 aromatic carbocycles. The summed E-state index contributed by atoms with van der Waals surface area (Å²) in [6, 6.07) is 0.809. The molecule has 0 spiro atoms. The average molecular weight is 142 g/mol. The lowest BCUT2D eigenvalue weighted by Gasteiger charge is -2.25. The van der Waals surface area contributed by atoms with Crippen LogP contribution in [-0.4, -0.2) is 25.2 Å². The molecule has 1 fully saturated rings. The van der Waals surface area contributed by atoms with E-state index in [2.05, 4.69) is 24.5 Å². The summed E-state index contributed by atoms with van der Waals surface area (Å²) in [7, 11) is 2.00. The van der Waals surface area contributed by atoms with Gasteiger partial charge in [0, 0.05) is 18.1 Å². The van der Waals surface area contributed by atoms with Crippen molar-refractivity contribution in [1.29, 1.82) is 0 Å². The van der Waals surface area contributed by atoms with Gasteiger partial charge in [0.2, 0.25) is 0 Å². The number of likely N-dealkylation sites (N-methyl/N-ethyl adjacent to an activating group) is 1. The Balaban J connectivity index is 2.19. The van der Waals surface area contributed by atoms with Crippen LogP contribution < -0.4 is 10.6 Å². The highest BCUT2D eigenvalue weighted by Gasteiger charge is 2.28. The molecule has 60 valence electrons. The fraction of sp³-hybridized carbons (Fsp3) is 1.00. The predicted octanol–water partition coefficient (Wildman–Crippen LogP) is 0.736. The zero-order valence-corrected chi connectivity index (χ0v) is 7.20. The van der Waals surface area contributed by atoms with Gasteiger partial charge in [-0.15, -0.1) is 0 Å². The van der Waals surface area contributed by atoms with E-state index in [0.29, 0.717) is 0 Å². The van der Waals surface area contributed by atoms with Crippen molar-refractivity contribution in [2.24, 2.45) is 0 Å². The second-order valence-corrected chi connectivity index (χ2v) is 3.83. The molecule has 0 heterocycles. The minimum atomic E-state index is 0.274. The normalized spacial score (nSPS) is 19.5. The summed E-state index contributed by atoms with van der Waals surface area (Å²) < 4.78 is 0. The Labute approximate surface area is 63.4 Å². The summed E-state index contributed by atoms with van der Waals surface area (Å²) in [5.41, 5.74) is 0.274. The largest absolute Gasteiger partial charge is 0.318 e. The first-order chi connectivity index (χ1) is 4.64. The van der Waals surface area contributed by atoms with Crippen LogP contribution in [0.1, 0.15) is 26.7 Å². The van der Waals surface area contributed by atoms with E-state index in [1.165, 1.54) is 12.8 Å². The van der Waals surface area contributed by atoms with Crippen LogP contribution in [0, 0.1) is 0 Å². The van der Waals surface area contributed by atoms with Crippen LogP contribution in [0.5, 0.6) is 0 Å². The third-order valence-corrected chi connectivity index (χ3v) is 1.79. The minimum absolute atomic E-state index is 0.274. The zero-order valence-electron chi connectivity index (χ0n) is 7.20. The third-order valence-electron chi connectivity index (χ3n) is 1.79. The Bertz CT molecular complexity index is 106. The molecule has 0 bridgehead atoms. The predicted molar refractivity (Wildman–Crippen MR) is 44.2 cm³/mol. The Morgan fingerprint density at radius 1 is 1.40 bits per heavy atom. The van der Waals surface area contributed by atoms with Gasteiger partial charge in [-0.3, -0.25) is 0 Å². The molecule has 1 saturated carbocycles. The molecule has 2 heteroatoms. The fourth-order valence-corrected chi connectivity index (χ4v) is 1.27.